The summed E-state index contributed by atoms with van der Waals surface area (Å²) in [7, 11) is 2.17. The van der Waals surface area contributed by atoms with Crippen molar-refractivity contribution in [2.75, 3.05) is 38.1 Å². The molecule has 0 spiro atoms. The molecule has 4 rings (SSSR count). The van der Waals surface area contributed by atoms with Crippen LogP contribution < -0.4 is 10.2 Å². The summed E-state index contributed by atoms with van der Waals surface area (Å²) >= 11 is 0. The van der Waals surface area contributed by atoms with E-state index >= 15 is 0 Å². The lowest BCUT2D eigenvalue weighted by Gasteiger charge is -2.39. The molecule has 1 N–H and O–H groups in total. The van der Waals surface area contributed by atoms with E-state index in [1.165, 1.54) is 16.6 Å². The number of benzene rings is 1. The van der Waals surface area contributed by atoms with Crippen LogP contribution in [0.1, 0.15) is 38.2 Å². The lowest BCUT2D eigenvalue weighted by atomic mass is 9.92. The predicted molar refractivity (Wildman–Crippen MR) is 119 cm³/mol. The second-order valence-electron chi connectivity index (χ2n) is 9.26. The summed E-state index contributed by atoms with van der Waals surface area (Å²) in [5.41, 5.74) is 3.52. The Morgan fingerprint density at radius 3 is 2.79 bits per heavy atom. The van der Waals surface area contributed by atoms with Gasteiger partial charge in [-0.05, 0) is 81.9 Å². The molecule has 2 fully saturated rings. The highest BCUT2D eigenvalue weighted by molar-refractivity contribution is 5.93. The molecule has 2 aliphatic rings. The van der Waals surface area contributed by atoms with Crippen molar-refractivity contribution in [2.24, 2.45) is 11.8 Å². The van der Waals surface area contributed by atoms with E-state index in [2.05, 4.69) is 59.2 Å². The number of aryl methyl sites for hydroxylation is 1. The SMILES string of the molecule is Cc1ccc(N2C[C@@H](C)C[C@@H](NC(=O)CC3CCN(C)CC3)C2)c2cccnc12. The largest absolute Gasteiger partial charge is 0.369 e. The lowest BCUT2D eigenvalue weighted by Crippen LogP contribution is -2.51. The normalized spacial score (nSPS) is 24.0. The standard InChI is InChI=1S/C24H34N4O/c1-17-13-20(26-23(29)14-19-8-11-27(3)12-9-19)16-28(15-17)22-7-6-18(2)24-21(22)5-4-10-25-24/h4-7,10,17,19-20H,8-9,11-16H2,1-3H3,(H,26,29)/t17-,20+/m0/s1. The van der Waals surface area contributed by atoms with Crippen LogP contribution in [0.5, 0.6) is 0 Å². The Hall–Kier alpha value is -2.14. The number of nitrogens with one attached hydrogen (secondary N) is 1. The van der Waals surface area contributed by atoms with Gasteiger partial charge in [0.15, 0.2) is 0 Å². The molecule has 2 aliphatic heterocycles. The minimum atomic E-state index is 0.213. The first-order valence-corrected chi connectivity index (χ1v) is 11.1. The van der Waals surface area contributed by atoms with Crippen LogP contribution in [0, 0.1) is 18.8 Å². The van der Waals surface area contributed by atoms with Crippen LogP contribution >= 0.6 is 0 Å². The zero-order valence-corrected chi connectivity index (χ0v) is 18.0. The van der Waals surface area contributed by atoms with Gasteiger partial charge in [0.05, 0.1) is 5.52 Å². The fraction of sp³-hybridized carbons (Fsp3) is 0.583. The molecule has 3 heterocycles. The van der Waals surface area contributed by atoms with E-state index in [9.17, 15) is 4.79 Å². The van der Waals surface area contributed by atoms with Crippen molar-refractivity contribution >= 4 is 22.5 Å². The van der Waals surface area contributed by atoms with Crippen molar-refractivity contribution in [1.82, 2.24) is 15.2 Å². The van der Waals surface area contributed by atoms with Crippen LogP contribution in [0.15, 0.2) is 30.5 Å². The molecule has 2 saturated heterocycles. The van der Waals surface area contributed by atoms with Crippen LogP contribution in [0.4, 0.5) is 5.69 Å². The highest BCUT2D eigenvalue weighted by Gasteiger charge is 2.28. The van der Waals surface area contributed by atoms with Crippen LogP contribution in [-0.4, -0.2) is 55.1 Å². The summed E-state index contributed by atoms with van der Waals surface area (Å²) < 4.78 is 0. The number of hydrogen-bond acceptors (Lipinski definition) is 4. The van der Waals surface area contributed by atoms with Crippen molar-refractivity contribution in [2.45, 2.75) is 45.6 Å². The Labute approximate surface area is 174 Å². The van der Waals surface area contributed by atoms with Gasteiger partial charge in [-0.3, -0.25) is 9.78 Å². The van der Waals surface area contributed by atoms with E-state index < -0.39 is 0 Å². The van der Waals surface area contributed by atoms with Crippen molar-refractivity contribution in [3.05, 3.63) is 36.0 Å². The summed E-state index contributed by atoms with van der Waals surface area (Å²) in [5.74, 6) is 1.31. The first-order valence-electron chi connectivity index (χ1n) is 11.1. The maximum atomic E-state index is 12.7. The Kier molecular flexibility index (Phi) is 6.04. The van der Waals surface area contributed by atoms with Crippen LogP contribution in [0.25, 0.3) is 10.9 Å². The van der Waals surface area contributed by atoms with Crippen molar-refractivity contribution in [1.29, 1.82) is 0 Å². The van der Waals surface area contributed by atoms with Crippen LogP contribution in [0.3, 0.4) is 0 Å². The van der Waals surface area contributed by atoms with Gasteiger partial charge in [-0.2, -0.15) is 0 Å². The summed E-state index contributed by atoms with van der Waals surface area (Å²) in [6, 6.07) is 8.77. The number of fused-ring (bicyclic) bond motifs is 1. The molecule has 2 aromatic rings. The smallest absolute Gasteiger partial charge is 0.220 e. The Morgan fingerprint density at radius 2 is 2.00 bits per heavy atom. The number of carbonyl (C=O) groups excluding carboxylic acids is 1. The minimum absolute atomic E-state index is 0.213. The minimum Gasteiger partial charge on any atom is -0.369 e. The number of likely N-dealkylation sites (tertiary alicyclic amines) is 1. The molecule has 1 aromatic carbocycles. The third-order valence-electron chi connectivity index (χ3n) is 6.63. The summed E-state index contributed by atoms with van der Waals surface area (Å²) in [6.07, 6.45) is 5.87. The van der Waals surface area contributed by atoms with Gasteiger partial charge in [0.1, 0.15) is 0 Å². The summed E-state index contributed by atoms with van der Waals surface area (Å²) in [5, 5.41) is 4.56. The highest BCUT2D eigenvalue weighted by Crippen LogP contribution is 2.31. The monoisotopic (exact) mass is 394 g/mol. The first-order chi connectivity index (χ1) is 14.0. The zero-order valence-electron chi connectivity index (χ0n) is 18.0. The number of carbonyl (C=O) groups is 1. The van der Waals surface area contributed by atoms with Crippen LogP contribution in [0.2, 0.25) is 0 Å². The summed E-state index contributed by atoms with van der Waals surface area (Å²) in [4.78, 5) is 22.1. The fourth-order valence-electron chi connectivity index (χ4n) is 5.04. The van der Waals surface area contributed by atoms with E-state index in [-0.39, 0.29) is 11.9 Å². The molecular formula is C24H34N4O. The number of hydrogen-bond donors (Lipinski definition) is 1. The maximum Gasteiger partial charge on any atom is 0.220 e. The first kappa shape index (κ1) is 20.1. The fourth-order valence-corrected chi connectivity index (χ4v) is 5.04. The third-order valence-corrected chi connectivity index (χ3v) is 6.63. The van der Waals surface area contributed by atoms with Gasteiger partial charge < -0.3 is 15.1 Å². The third kappa shape index (κ3) is 4.72. The summed E-state index contributed by atoms with van der Waals surface area (Å²) in [6.45, 7) is 8.52. The van der Waals surface area contributed by atoms with Crippen molar-refractivity contribution in [3.8, 4) is 0 Å². The second-order valence-corrected chi connectivity index (χ2v) is 9.26. The molecule has 2 atom stereocenters. The molecule has 5 heteroatoms. The number of pyridine rings is 1. The van der Waals surface area contributed by atoms with Gasteiger partial charge in [-0.15, -0.1) is 0 Å². The average Bonchev–Trinajstić information content (AvgIpc) is 2.70. The molecule has 0 saturated carbocycles. The maximum absolute atomic E-state index is 12.7. The number of amides is 1. The molecule has 0 radical (unpaired) electrons. The van der Waals surface area contributed by atoms with Crippen molar-refractivity contribution < 1.29 is 4.79 Å². The number of anilines is 1. The molecule has 29 heavy (non-hydrogen) atoms. The van der Waals surface area contributed by atoms with Gasteiger partial charge in [-0.25, -0.2) is 0 Å². The molecule has 0 unspecified atom stereocenters. The number of aromatic nitrogens is 1. The van der Waals surface area contributed by atoms with E-state index in [0.717, 1.165) is 51.0 Å². The van der Waals surface area contributed by atoms with Crippen molar-refractivity contribution in [3.63, 3.8) is 0 Å². The van der Waals surface area contributed by atoms with Gasteiger partial charge in [0, 0.05) is 42.8 Å². The molecular weight excluding hydrogens is 360 g/mol. The average molecular weight is 395 g/mol. The zero-order chi connectivity index (χ0) is 20.4. The van der Waals surface area contributed by atoms with Gasteiger partial charge in [0.25, 0.3) is 0 Å². The molecule has 1 amide bonds. The van der Waals surface area contributed by atoms with E-state index in [1.807, 2.05) is 12.3 Å². The van der Waals surface area contributed by atoms with Gasteiger partial charge in [-0.1, -0.05) is 13.0 Å². The van der Waals surface area contributed by atoms with E-state index in [1.54, 1.807) is 0 Å². The number of piperidine rings is 2. The quantitative estimate of drug-likeness (QED) is 0.861. The Balaban J connectivity index is 1.43. The second kappa shape index (κ2) is 8.70. The number of rotatable bonds is 4. The van der Waals surface area contributed by atoms with Gasteiger partial charge >= 0.3 is 0 Å². The molecule has 5 nitrogen and oxygen atoms in total. The topological polar surface area (TPSA) is 48.5 Å². The van der Waals surface area contributed by atoms with E-state index in [4.69, 9.17) is 0 Å². The van der Waals surface area contributed by atoms with E-state index in [0.29, 0.717) is 18.3 Å². The molecule has 0 aliphatic carbocycles. The van der Waals surface area contributed by atoms with Crippen LogP contribution in [-0.2, 0) is 4.79 Å². The molecule has 0 bridgehead atoms. The Morgan fingerprint density at radius 1 is 1.21 bits per heavy atom. The van der Waals surface area contributed by atoms with Gasteiger partial charge in [0.2, 0.25) is 5.91 Å². The number of nitrogens with zero attached hydrogens (tertiary/aromatic N) is 3. The highest BCUT2D eigenvalue weighted by atomic mass is 16.1. The molecule has 156 valence electrons. The Bertz CT molecular complexity index is 859. The predicted octanol–water partition coefficient (Wildman–Crippen LogP) is 3.61. The molecule has 1 aromatic heterocycles. The lowest BCUT2D eigenvalue weighted by molar-refractivity contribution is -0.123.